The Hall–Kier alpha value is -0.970. The first-order valence-corrected chi connectivity index (χ1v) is 3.96. The molecule has 0 bridgehead atoms. The van der Waals surface area contributed by atoms with Crippen molar-refractivity contribution in [1.29, 1.82) is 0 Å². The van der Waals surface area contributed by atoms with Crippen molar-refractivity contribution < 1.29 is 9.59 Å². The van der Waals surface area contributed by atoms with Gasteiger partial charge in [0.2, 0.25) is 11.8 Å². The third kappa shape index (κ3) is 5.79. The van der Waals surface area contributed by atoms with Gasteiger partial charge in [0.25, 0.3) is 0 Å². The van der Waals surface area contributed by atoms with E-state index in [0.29, 0.717) is 0 Å². The molecule has 0 fully saturated rings. The summed E-state index contributed by atoms with van der Waals surface area (Å²) in [6, 6.07) is 0. The first kappa shape index (κ1) is 11.0. The highest BCUT2D eigenvalue weighted by molar-refractivity contribution is 7.81. The second kappa shape index (κ2) is 5.65. The molecule has 1 atom stereocenters. The predicted octanol–water partition coefficient (Wildman–Crippen LogP) is -0.190. The zero-order chi connectivity index (χ0) is 9.56. The van der Waals surface area contributed by atoms with Crippen LogP contribution < -0.4 is 11.1 Å². The Morgan fingerprint density at radius 1 is 1.58 bits per heavy atom. The van der Waals surface area contributed by atoms with E-state index >= 15 is 0 Å². The minimum Gasteiger partial charge on any atom is -0.370 e. The lowest BCUT2D eigenvalue weighted by molar-refractivity contribution is -0.125. The van der Waals surface area contributed by atoms with E-state index in [-0.39, 0.29) is 24.1 Å². The van der Waals surface area contributed by atoms with Crippen LogP contribution in [0, 0.1) is 0 Å². The molecule has 0 spiro atoms. The predicted molar refractivity (Wildman–Crippen MR) is 49.5 cm³/mol. The van der Waals surface area contributed by atoms with E-state index in [4.69, 9.17) is 5.73 Å². The van der Waals surface area contributed by atoms with Gasteiger partial charge in [0.1, 0.15) is 0 Å². The average molecular weight is 188 g/mol. The van der Waals surface area contributed by atoms with E-state index in [2.05, 4.69) is 24.5 Å². The molecule has 5 heteroatoms. The molecule has 0 aliphatic heterocycles. The maximum Gasteiger partial charge on any atom is 0.221 e. The highest BCUT2D eigenvalue weighted by Crippen LogP contribution is 1.93. The Kier molecular flexibility index (Phi) is 5.19. The van der Waals surface area contributed by atoms with Crippen LogP contribution in [0.25, 0.3) is 0 Å². The third-order valence-corrected chi connectivity index (χ3v) is 1.47. The molecule has 0 rings (SSSR count). The van der Waals surface area contributed by atoms with Gasteiger partial charge in [0.15, 0.2) is 0 Å². The summed E-state index contributed by atoms with van der Waals surface area (Å²) < 4.78 is 0. The lowest BCUT2D eigenvalue weighted by atomic mass is 10.3. The number of carbonyl (C=O) groups is 2. The molecule has 0 radical (unpaired) electrons. The van der Waals surface area contributed by atoms with Crippen LogP contribution in [0.3, 0.4) is 0 Å². The molecule has 2 amide bonds. The van der Waals surface area contributed by atoms with Gasteiger partial charge in [-0.05, 0) is 0 Å². The molecule has 0 heterocycles. The first-order valence-electron chi connectivity index (χ1n) is 3.44. The van der Waals surface area contributed by atoms with Crippen LogP contribution in [0.5, 0.6) is 0 Å². The van der Waals surface area contributed by atoms with E-state index < -0.39 is 5.91 Å². The molecule has 0 saturated heterocycles. The molecular formula is C7H12N2O2S. The first-order chi connectivity index (χ1) is 5.56. The maximum absolute atomic E-state index is 10.9. The number of amides is 2. The number of hydrogen-bond acceptors (Lipinski definition) is 3. The summed E-state index contributed by atoms with van der Waals surface area (Å²) >= 11 is 3.95. The van der Waals surface area contributed by atoms with E-state index in [0.717, 1.165) is 0 Å². The van der Waals surface area contributed by atoms with Crippen molar-refractivity contribution in [2.24, 2.45) is 5.73 Å². The van der Waals surface area contributed by atoms with Crippen LogP contribution in [0.4, 0.5) is 0 Å². The molecule has 0 aromatic rings. The fourth-order valence-corrected chi connectivity index (χ4v) is 0.677. The van der Waals surface area contributed by atoms with E-state index in [1.807, 2.05) is 0 Å². The second-order valence-electron chi connectivity index (χ2n) is 2.21. The Balaban J connectivity index is 3.59. The second-order valence-corrected chi connectivity index (χ2v) is 2.77. The zero-order valence-electron chi connectivity index (χ0n) is 6.62. The lowest BCUT2D eigenvalue weighted by Crippen LogP contribution is -2.30. The molecule has 3 N–H and O–H groups in total. The summed E-state index contributed by atoms with van der Waals surface area (Å²) in [6.07, 6.45) is 1.63. The summed E-state index contributed by atoms with van der Waals surface area (Å²) in [5.74, 6) is -0.742. The van der Waals surface area contributed by atoms with Crippen molar-refractivity contribution in [1.82, 2.24) is 5.32 Å². The van der Waals surface area contributed by atoms with Crippen molar-refractivity contribution >= 4 is 24.4 Å². The monoisotopic (exact) mass is 188 g/mol. The fraction of sp³-hybridized carbons (Fsp3) is 0.429. The average Bonchev–Trinajstić information content (AvgIpc) is 2.00. The minimum atomic E-state index is -0.487. The Bertz CT molecular complexity index is 194. The number of thiol groups is 1. The highest BCUT2D eigenvalue weighted by Gasteiger charge is 2.05. The van der Waals surface area contributed by atoms with Gasteiger partial charge in [-0.25, -0.2) is 0 Å². The molecule has 0 aliphatic rings. The van der Waals surface area contributed by atoms with Gasteiger partial charge in [-0.1, -0.05) is 6.08 Å². The highest BCUT2D eigenvalue weighted by atomic mass is 32.1. The van der Waals surface area contributed by atoms with Crippen LogP contribution in [-0.2, 0) is 9.59 Å². The van der Waals surface area contributed by atoms with Gasteiger partial charge in [0, 0.05) is 12.8 Å². The molecule has 0 aromatic heterocycles. The normalized spacial score (nSPS) is 11.8. The van der Waals surface area contributed by atoms with Crippen molar-refractivity contribution in [2.75, 3.05) is 0 Å². The Morgan fingerprint density at radius 3 is 2.58 bits per heavy atom. The molecule has 68 valence electrons. The zero-order valence-corrected chi connectivity index (χ0v) is 7.51. The number of primary amides is 1. The summed E-state index contributed by atoms with van der Waals surface area (Å²) in [7, 11) is 0. The largest absolute Gasteiger partial charge is 0.370 e. The number of hydrogen-bond donors (Lipinski definition) is 3. The summed E-state index contributed by atoms with van der Waals surface area (Å²) in [6.45, 7) is 3.43. The molecule has 4 nitrogen and oxygen atoms in total. The van der Waals surface area contributed by atoms with Crippen LogP contribution in [0.15, 0.2) is 12.7 Å². The fourth-order valence-electron chi connectivity index (χ4n) is 0.533. The van der Waals surface area contributed by atoms with Crippen LogP contribution in [0.2, 0.25) is 0 Å². The smallest absolute Gasteiger partial charge is 0.221 e. The van der Waals surface area contributed by atoms with E-state index in [1.165, 1.54) is 6.08 Å². The summed E-state index contributed by atoms with van der Waals surface area (Å²) in [5.41, 5.74) is 4.85. The Labute approximate surface area is 76.6 Å². The molecule has 0 saturated carbocycles. The van der Waals surface area contributed by atoms with Gasteiger partial charge in [-0.15, -0.1) is 6.58 Å². The summed E-state index contributed by atoms with van der Waals surface area (Å²) in [5, 5.41) is 2.11. The van der Waals surface area contributed by atoms with Gasteiger partial charge in [0.05, 0.1) is 5.37 Å². The van der Waals surface area contributed by atoms with Gasteiger partial charge in [-0.2, -0.15) is 12.6 Å². The standard InChI is InChI=1S/C7H12N2O2S/c1-2-7(12)9-6(11)4-3-5(8)10/h2,7,12H,1,3-4H2,(H2,8,10)(H,9,11). The van der Waals surface area contributed by atoms with E-state index in [1.54, 1.807) is 0 Å². The van der Waals surface area contributed by atoms with Gasteiger partial charge >= 0.3 is 0 Å². The van der Waals surface area contributed by atoms with Crippen molar-refractivity contribution in [2.45, 2.75) is 18.2 Å². The quantitative estimate of drug-likeness (QED) is 0.318. The minimum absolute atomic E-state index is 0.0590. The topological polar surface area (TPSA) is 72.2 Å². The van der Waals surface area contributed by atoms with Crippen LogP contribution >= 0.6 is 12.6 Å². The number of nitrogens with one attached hydrogen (secondary N) is 1. The summed E-state index contributed by atoms with van der Waals surface area (Å²) in [4.78, 5) is 21.2. The van der Waals surface area contributed by atoms with Crippen molar-refractivity contribution in [3.8, 4) is 0 Å². The molecular weight excluding hydrogens is 176 g/mol. The maximum atomic E-state index is 10.9. The van der Waals surface area contributed by atoms with Crippen molar-refractivity contribution in [3.05, 3.63) is 12.7 Å². The van der Waals surface area contributed by atoms with Gasteiger partial charge in [-0.3, -0.25) is 9.59 Å². The SMILES string of the molecule is C=CC(S)NC(=O)CCC(N)=O. The molecule has 1 unspecified atom stereocenters. The van der Waals surface area contributed by atoms with Crippen molar-refractivity contribution in [3.63, 3.8) is 0 Å². The molecule has 0 aromatic carbocycles. The molecule has 0 aliphatic carbocycles. The van der Waals surface area contributed by atoms with Gasteiger partial charge < -0.3 is 11.1 Å². The molecule has 12 heavy (non-hydrogen) atoms. The third-order valence-electron chi connectivity index (χ3n) is 1.13. The van der Waals surface area contributed by atoms with Crippen LogP contribution in [-0.4, -0.2) is 17.2 Å². The Morgan fingerprint density at radius 2 is 2.17 bits per heavy atom. The number of rotatable bonds is 5. The van der Waals surface area contributed by atoms with E-state index in [9.17, 15) is 9.59 Å². The number of carbonyl (C=O) groups excluding carboxylic acids is 2. The number of nitrogens with two attached hydrogens (primary N) is 1. The lowest BCUT2D eigenvalue weighted by Gasteiger charge is -2.06. The van der Waals surface area contributed by atoms with Crippen LogP contribution in [0.1, 0.15) is 12.8 Å².